The molecule has 0 aromatic heterocycles. The number of aliphatic hydroxyl groups excluding tert-OH is 3. The van der Waals surface area contributed by atoms with Crippen LogP contribution in [0, 0.1) is 0 Å². The topological polar surface area (TPSA) is 77.8 Å². The fraction of sp³-hybridized carbons (Fsp3) is 0.824. The Morgan fingerprint density at radius 3 is 1.14 bits per heavy atom. The van der Waals surface area contributed by atoms with Crippen LogP contribution in [-0.2, 0) is 25.9 Å². The van der Waals surface area contributed by atoms with E-state index >= 15 is 0 Å². The Hall–Kier alpha value is -0.182. The van der Waals surface area contributed by atoms with Gasteiger partial charge in [-0.25, -0.2) is 0 Å². The van der Waals surface area contributed by atoms with Gasteiger partial charge in [0.25, 0.3) is 0 Å². The van der Waals surface area contributed by atoms with Crippen molar-refractivity contribution < 1.29 is 41.2 Å². The van der Waals surface area contributed by atoms with E-state index in [4.69, 9.17) is 15.3 Å². The minimum atomic E-state index is -0.125. The van der Waals surface area contributed by atoms with E-state index in [1.165, 1.54) is 71.3 Å². The molecule has 0 saturated carbocycles. The van der Waals surface area contributed by atoms with Crippen LogP contribution in [0.4, 0.5) is 0 Å². The number of carbonyl (C=O) groups excluding carboxylic acids is 1. The zero-order valence-corrected chi connectivity index (χ0v) is 16.4. The van der Waals surface area contributed by atoms with E-state index in [9.17, 15) is 4.79 Å². The molecule has 0 rings (SSSR count). The van der Waals surface area contributed by atoms with E-state index in [2.05, 4.69) is 0 Å². The predicted molar refractivity (Wildman–Crippen MR) is 87.4 cm³/mol. The molecule has 0 spiro atoms. The standard InChI is InChI=1S/C12H26O2.C5H8O2.Pt/c13-11-9-7-5-3-1-2-4-6-8-10-12-14;1-4(6)3-5(2)7;/h13-14H,1-12H2;3,6H,1-2H3;/b;4-3-;. The van der Waals surface area contributed by atoms with Crippen LogP contribution in [-0.4, -0.2) is 34.3 Å². The normalized spacial score (nSPS) is 10.5. The van der Waals surface area contributed by atoms with E-state index < -0.39 is 0 Å². The first-order valence-electron chi connectivity index (χ1n) is 8.14. The zero-order valence-electron chi connectivity index (χ0n) is 14.1. The molecule has 0 amide bonds. The summed E-state index contributed by atoms with van der Waals surface area (Å²) in [6.07, 6.45) is 13.3. The molecule has 0 fully saturated rings. The summed E-state index contributed by atoms with van der Waals surface area (Å²) in [5.41, 5.74) is 0. The van der Waals surface area contributed by atoms with Gasteiger partial charge >= 0.3 is 0 Å². The number of ketones is 1. The fourth-order valence-corrected chi connectivity index (χ4v) is 1.93. The monoisotopic (exact) mass is 497 g/mol. The molecule has 0 unspecified atom stereocenters. The molecule has 22 heavy (non-hydrogen) atoms. The van der Waals surface area contributed by atoms with Crippen LogP contribution in [0.5, 0.6) is 0 Å². The third-order valence-corrected chi connectivity index (χ3v) is 2.98. The predicted octanol–water partition coefficient (Wildman–Crippen LogP) is 3.91. The van der Waals surface area contributed by atoms with Gasteiger partial charge < -0.3 is 15.3 Å². The van der Waals surface area contributed by atoms with E-state index in [0.29, 0.717) is 13.2 Å². The van der Waals surface area contributed by atoms with Crippen molar-refractivity contribution in [1.29, 1.82) is 0 Å². The molecule has 0 aromatic carbocycles. The first kappa shape index (κ1) is 26.7. The smallest absolute Gasteiger partial charge is 0.155 e. The second-order valence-electron chi connectivity index (χ2n) is 5.38. The largest absolute Gasteiger partial charge is 0.512 e. The average molecular weight is 498 g/mol. The molecule has 136 valence electrons. The summed E-state index contributed by atoms with van der Waals surface area (Å²) >= 11 is 0. The summed E-state index contributed by atoms with van der Waals surface area (Å²) in [4.78, 5) is 10.0. The summed E-state index contributed by atoms with van der Waals surface area (Å²) in [5, 5.41) is 25.5. The van der Waals surface area contributed by atoms with Crippen molar-refractivity contribution in [2.75, 3.05) is 13.2 Å². The van der Waals surface area contributed by atoms with Crippen LogP contribution < -0.4 is 0 Å². The van der Waals surface area contributed by atoms with E-state index in [1.807, 2.05) is 0 Å². The Bertz CT molecular complexity index is 239. The minimum absolute atomic E-state index is 0. The molecule has 0 saturated heterocycles. The van der Waals surface area contributed by atoms with Crippen molar-refractivity contribution >= 4 is 5.78 Å². The number of hydrogen-bond acceptors (Lipinski definition) is 4. The van der Waals surface area contributed by atoms with Gasteiger partial charge in [-0.15, -0.1) is 0 Å². The fourth-order valence-electron chi connectivity index (χ4n) is 1.93. The molecule has 0 aliphatic heterocycles. The van der Waals surface area contributed by atoms with Gasteiger partial charge in [0.15, 0.2) is 5.78 Å². The summed E-state index contributed by atoms with van der Waals surface area (Å²) in [6, 6.07) is 0. The Balaban J connectivity index is -0.000000385. The Morgan fingerprint density at radius 1 is 0.727 bits per heavy atom. The molecule has 0 atom stereocenters. The van der Waals surface area contributed by atoms with Gasteiger partial charge in [-0.3, -0.25) is 4.79 Å². The summed E-state index contributed by atoms with van der Waals surface area (Å²) in [6.45, 7) is 3.55. The Kier molecular flexibility index (Phi) is 28.0. The number of hydrogen-bond donors (Lipinski definition) is 3. The van der Waals surface area contributed by atoms with Crippen LogP contribution in [0.1, 0.15) is 78.1 Å². The van der Waals surface area contributed by atoms with Crippen LogP contribution in [0.15, 0.2) is 11.8 Å². The molecule has 3 N–H and O–H groups in total. The van der Waals surface area contributed by atoms with Gasteiger partial charge in [-0.2, -0.15) is 0 Å². The maximum Gasteiger partial charge on any atom is 0.155 e. The summed E-state index contributed by atoms with van der Waals surface area (Å²) in [5.74, 6) is -0.0625. The minimum Gasteiger partial charge on any atom is -0.512 e. The quantitative estimate of drug-likeness (QED) is 0.217. The van der Waals surface area contributed by atoms with E-state index in [0.717, 1.165) is 12.8 Å². The first-order chi connectivity index (χ1) is 10.0. The molecular formula is C17H34O4Pt. The summed E-state index contributed by atoms with van der Waals surface area (Å²) in [7, 11) is 0. The van der Waals surface area contributed by atoms with Crippen molar-refractivity contribution in [3.05, 3.63) is 11.8 Å². The van der Waals surface area contributed by atoms with Crippen LogP contribution >= 0.6 is 0 Å². The van der Waals surface area contributed by atoms with Gasteiger partial charge in [-0.1, -0.05) is 51.4 Å². The van der Waals surface area contributed by atoms with Gasteiger partial charge in [0, 0.05) is 40.4 Å². The second-order valence-corrected chi connectivity index (χ2v) is 5.38. The molecule has 4 nitrogen and oxygen atoms in total. The number of carbonyl (C=O) groups is 1. The maximum absolute atomic E-state index is 10.0. The van der Waals surface area contributed by atoms with Gasteiger partial charge in [0.1, 0.15) is 0 Å². The molecule has 0 aromatic rings. The van der Waals surface area contributed by atoms with Crippen molar-refractivity contribution in [2.45, 2.75) is 78.1 Å². The average Bonchev–Trinajstić information content (AvgIpc) is 2.40. The Morgan fingerprint density at radius 2 is 1.00 bits per heavy atom. The SMILES string of the molecule is CC(=O)/C=C(/C)O.OCCCCCCCCCCCCO.[Pt]. The van der Waals surface area contributed by atoms with Gasteiger partial charge in [0.2, 0.25) is 0 Å². The maximum atomic E-state index is 10.0. The van der Waals surface area contributed by atoms with Crippen molar-refractivity contribution in [3.8, 4) is 0 Å². The molecule has 0 heterocycles. The van der Waals surface area contributed by atoms with Crippen LogP contribution in [0.3, 0.4) is 0 Å². The van der Waals surface area contributed by atoms with Gasteiger partial charge in [-0.05, 0) is 26.7 Å². The Labute approximate surface area is 150 Å². The van der Waals surface area contributed by atoms with Crippen molar-refractivity contribution in [1.82, 2.24) is 0 Å². The van der Waals surface area contributed by atoms with E-state index in [-0.39, 0.29) is 32.6 Å². The molecular weight excluding hydrogens is 463 g/mol. The molecule has 0 aliphatic rings. The molecule has 0 radical (unpaired) electrons. The third kappa shape index (κ3) is 32.0. The zero-order chi connectivity index (χ0) is 16.3. The van der Waals surface area contributed by atoms with E-state index in [1.54, 1.807) is 0 Å². The van der Waals surface area contributed by atoms with Gasteiger partial charge in [0.05, 0.1) is 5.76 Å². The number of rotatable bonds is 12. The number of aliphatic hydroxyl groups is 3. The van der Waals surface area contributed by atoms with Crippen molar-refractivity contribution in [3.63, 3.8) is 0 Å². The summed E-state index contributed by atoms with van der Waals surface area (Å²) < 4.78 is 0. The molecule has 0 aliphatic carbocycles. The number of allylic oxidation sites excluding steroid dienone is 2. The number of unbranched alkanes of at least 4 members (excludes halogenated alkanes) is 9. The second kappa shape index (κ2) is 23.1. The van der Waals surface area contributed by atoms with Crippen molar-refractivity contribution in [2.24, 2.45) is 0 Å². The third-order valence-electron chi connectivity index (χ3n) is 2.98. The van der Waals surface area contributed by atoms with Crippen LogP contribution in [0.2, 0.25) is 0 Å². The molecule has 5 heteroatoms. The first-order valence-corrected chi connectivity index (χ1v) is 8.14. The molecule has 0 bridgehead atoms. The van der Waals surface area contributed by atoms with Crippen LogP contribution in [0.25, 0.3) is 0 Å².